The van der Waals surface area contributed by atoms with Gasteiger partial charge in [0.1, 0.15) is 17.5 Å². The molecule has 3 heterocycles. The Balaban J connectivity index is 0.826. The van der Waals surface area contributed by atoms with E-state index in [2.05, 4.69) is 170 Å². The lowest BCUT2D eigenvalue weighted by molar-refractivity contribution is 0.651. The fourth-order valence-corrected chi connectivity index (χ4v) is 10.9. The van der Waals surface area contributed by atoms with Crippen molar-refractivity contribution in [1.82, 2.24) is 0 Å². The van der Waals surface area contributed by atoms with Gasteiger partial charge in [0.25, 0.3) is 0 Å². The molecule has 12 rings (SSSR count). The van der Waals surface area contributed by atoms with E-state index in [-0.39, 0.29) is 30.0 Å². The van der Waals surface area contributed by atoms with E-state index in [1.807, 2.05) is 97.1 Å². The average Bonchev–Trinajstić information content (AvgIpc) is 3.45. The van der Waals surface area contributed by atoms with Gasteiger partial charge >= 0.3 is 0 Å². The maximum absolute atomic E-state index is 9.47. The molecule has 0 spiro atoms. The molecule has 4 unspecified atom stereocenters. The van der Waals surface area contributed by atoms with Crippen molar-refractivity contribution < 1.29 is 0 Å². The van der Waals surface area contributed by atoms with Crippen LogP contribution >= 0.6 is 11.6 Å². The summed E-state index contributed by atoms with van der Waals surface area (Å²) in [7, 11) is 0. The van der Waals surface area contributed by atoms with Gasteiger partial charge in [-0.2, -0.15) is 0 Å². The lowest BCUT2D eigenvalue weighted by Crippen LogP contribution is -2.46. The van der Waals surface area contributed by atoms with Gasteiger partial charge < -0.3 is 14.7 Å². The number of hydrogen-bond donors (Lipinski definition) is 0. The molecule has 10 heteroatoms. The molecular formula is C65H52ClN9. The molecule has 9 aromatic rings. The van der Waals surface area contributed by atoms with Gasteiger partial charge in [-0.15, -0.1) is 11.6 Å². The van der Waals surface area contributed by atoms with Gasteiger partial charge in [0.2, 0.25) is 0 Å². The highest BCUT2D eigenvalue weighted by molar-refractivity contribution is 6.22. The lowest BCUT2D eigenvalue weighted by Gasteiger charge is -2.44. The summed E-state index contributed by atoms with van der Waals surface area (Å²) in [5.74, 6) is 3.04. The molecule has 3 saturated heterocycles. The third-order valence-electron chi connectivity index (χ3n) is 14.5. The smallest absolute Gasteiger partial charge is 0.112 e. The van der Waals surface area contributed by atoms with Crippen molar-refractivity contribution in [2.24, 2.45) is 20.1 Å². The predicted octanol–water partition coefficient (Wildman–Crippen LogP) is 17.5. The molecule has 0 aromatic heterocycles. The minimum Gasteiger partial charge on any atom is -0.322 e. The van der Waals surface area contributed by atoms with Crippen LogP contribution in [0.5, 0.6) is 0 Å². The minimum atomic E-state index is -0.339. The van der Waals surface area contributed by atoms with Crippen molar-refractivity contribution in [1.29, 1.82) is 0 Å². The predicted molar refractivity (Wildman–Crippen MR) is 308 cm³/mol. The fourth-order valence-electron chi connectivity index (χ4n) is 10.6. The molecule has 9 nitrogen and oxygen atoms in total. The van der Waals surface area contributed by atoms with Crippen molar-refractivity contribution in [2.75, 3.05) is 14.7 Å². The van der Waals surface area contributed by atoms with E-state index in [9.17, 15) is 5.53 Å². The Labute approximate surface area is 442 Å². The second kappa shape index (κ2) is 21.2. The summed E-state index contributed by atoms with van der Waals surface area (Å²) < 4.78 is 0. The monoisotopic (exact) mass is 993 g/mol. The van der Waals surface area contributed by atoms with E-state index in [4.69, 9.17) is 26.6 Å². The summed E-state index contributed by atoms with van der Waals surface area (Å²) >= 11 is 7.33. The van der Waals surface area contributed by atoms with Gasteiger partial charge in [0.15, 0.2) is 0 Å². The molecule has 0 radical (unpaired) electrons. The summed E-state index contributed by atoms with van der Waals surface area (Å²) in [4.78, 5) is 25.5. The minimum absolute atomic E-state index is 0.0383. The number of azide groups is 1. The fraction of sp³-hybridized carbons (Fsp3) is 0.123. The molecule has 364 valence electrons. The first-order chi connectivity index (χ1) is 37.0. The van der Waals surface area contributed by atoms with Crippen molar-refractivity contribution in [3.8, 4) is 11.1 Å². The summed E-state index contributed by atoms with van der Waals surface area (Å²) in [6, 6.07) is 84.5. The Morgan fingerprint density at radius 2 is 0.840 bits per heavy atom. The Morgan fingerprint density at radius 1 is 0.427 bits per heavy atom. The first kappa shape index (κ1) is 47.0. The molecule has 4 atom stereocenters. The number of alkyl halides is 1. The number of rotatable bonds is 14. The van der Waals surface area contributed by atoms with Gasteiger partial charge in [0, 0.05) is 41.2 Å². The molecule has 0 aliphatic carbocycles. The highest BCUT2D eigenvalue weighted by Crippen LogP contribution is 2.46. The number of halogens is 1. The summed E-state index contributed by atoms with van der Waals surface area (Å²) in [6.45, 7) is 0.229. The van der Waals surface area contributed by atoms with E-state index in [1.165, 1.54) is 11.1 Å². The average molecular weight is 995 g/mol. The number of para-hydroxylation sites is 4. The van der Waals surface area contributed by atoms with Crippen molar-refractivity contribution in [3.63, 3.8) is 0 Å². The van der Waals surface area contributed by atoms with Gasteiger partial charge in [-0.3, -0.25) is 0 Å². The molecule has 3 aliphatic rings. The molecule has 0 N–H and O–H groups in total. The van der Waals surface area contributed by atoms with E-state index < -0.39 is 0 Å². The van der Waals surface area contributed by atoms with Crippen LogP contribution in [-0.4, -0.2) is 17.5 Å². The maximum atomic E-state index is 9.47. The molecule has 0 amide bonds. The second-order valence-corrected chi connectivity index (χ2v) is 19.5. The largest absolute Gasteiger partial charge is 0.322 e. The van der Waals surface area contributed by atoms with Crippen LogP contribution in [0.25, 0.3) is 21.6 Å². The van der Waals surface area contributed by atoms with Crippen LogP contribution in [0.2, 0.25) is 0 Å². The summed E-state index contributed by atoms with van der Waals surface area (Å²) in [5, 5.41) is 3.70. The van der Waals surface area contributed by atoms with Crippen LogP contribution in [0.4, 0.5) is 34.1 Å². The van der Waals surface area contributed by atoms with Crippen LogP contribution in [0, 0.1) is 0 Å². The van der Waals surface area contributed by atoms with Gasteiger partial charge in [-0.1, -0.05) is 169 Å². The first-order valence-corrected chi connectivity index (χ1v) is 25.9. The van der Waals surface area contributed by atoms with E-state index >= 15 is 0 Å². The third kappa shape index (κ3) is 9.83. The lowest BCUT2D eigenvalue weighted by atomic mass is 9.87. The van der Waals surface area contributed by atoms with E-state index in [1.54, 1.807) is 0 Å². The van der Waals surface area contributed by atoms with E-state index in [0.29, 0.717) is 0 Å². The topological polar surface area (TPSA) is 95.6 Å². The Hall–Kier alpha value is -9.01. The molecule has 3 fully saturated rings. The number of anilines is 3. The van der Waals surface area contributed by atoms with Crippen LogP contribution in [-0.2, 0) is 6.54 Å². The number of benzene rings is 9. The maximum Gasteiger partial charge on any atom is 0.112 e. The zero-order chi connectivity index (χ0) is 50.5. The van der Waals surface area contributed by atoms with Crippen molar-refractivity contribution in [2.45, 2.75) is 49.3 Å². The summed E-state index contributed by atoms with van der Waals surface area (Å²) in [5.41, 5.74) is 24.1. The van der Waals surface area contributed by atoms with E-state index in [0.717, 1.165) is 104 Å². The Morgan fingerprint density at radius 3 is 1.36 bits per heavy atom. The Kier molecular flexibility index (Phi) is 13.3. The van der Waals surface area contributed by atoms with Crippen molar-refractivity contribution >= 4 is 63.2 Å². The SMILES string of the molecule is [N-]=[N+]=NCc1ccc(C2CC(=Nc3ccccc3)N2c2ccccc2)cc1-c1cccc(N2C(=Nc3ccccc3)CC2c2ccc(C(Cl)c3ccc(N4C(=Nc5ccccc5)CC4c4ccccc4)cc3)cc2)c1. The standard InChI is InChI=1S/C65H52ClN9/c66-65(48-35-37-56(38-36-48)74-59(45-17-6-1-7-18-45)41-62(74)69-52-20-8-2-9-21-52)47-31-29-46(30-32-47)60-42-64(71-54-24-12-4-13-25-54)75(60)57-28-16-19-49(39-57)58-40-50(33-34-51(58)44-68-72-67)61-43-63(70-53-22-10-3-11-23-53)73(61)55-26-14-5-15-27-55/h1-40,59-61,65H,41-44H2. The number of nitrogens with zero attached hydrogens (tertiary/aromatic N) is 9. The second-order valence-electron chi connectivity index (χ2n) is 19.1. The van der Waals surface area contributed by atoms with Crippen LogP contribution in [0.3, 0.4) is 0 Å². The zero-order valence-electron chi connectivity index (χ0n) is 41.1. The normalized spacial score (nSPS) is 19.0. The van der Waals surface area contributed by atoms with Crippen LogP contribution in [0.1, 0.15) is 76.1 Å². The highest BCUT2D eigenvalue weighted by atomic mass is 35.5. The summed E-state index contributed by atoms with van der Waals surface area (Å²) in [6.07, 6.45) is 2.41. The first-order valence-electron chi connectivity index (χ1n) is 25.5. The highest BCUT2D eigenvalue weighted by Gasteiger charge is 2.39. The Bertz CT molecular complexity index is 3580. The molecule has 0 bridgehead atoms. The number of amidine groups is 3. The molecule has 0 saturated carbocycles. The quantitative estimate of drug-likeness (QED) is 0.0470. The van der Waals surface area contributed by atoms with Gasteiger partial charge in [0.05, 0.1) is 47.1 Å². The van der Waals surface area contributed by atoms with Gasteiger partial charge in [-0.25, -0.2) is 15.0 Å². The molecule has 75 heavy (non-hydrogen) atoms. The van der Waals surface area contributed by atoms with Crippen LogP contribution in [0.15, 0.2) is 263 Å². The molecular weight excluding hydrogens is 942 g/mol. The zero-order valence-corrected chi connectivity index (χ0v) is 41.9. The van der Waals surface area contributed by atoms with Crippen molar-refractivity contribution in [3.05, 3.63) is 286 Å². The number of hydrogen-bond acceptors (Lipinski definition) is 4. The molecule has 9 aromatic carbocycles. The van der Waals surface area contributed by atoms with Gasteiger partial charge in [-0.05, 0) is 129 Å². The number of aliphatic imine (C=N–C) groups is 3. The third-order valence-corrected chi connectivity index (χ3v) is 15.0. The molecule has 3 aliphatic heterocycles. The van der Waals surface area contributed by atoms with Crippen LogP contribution < -0.4 is 14.7 Å².